The molecule has 1 aromatic rings. The summed E-state index contributed by atoms with van der Waals surface area (Å²) in [5.74, 6) is -1.12. The van der Waals surface area contributed by atoms with Crippen molar-refractivity contribution in [1.29, 1.82) is 0 Å². The number of carbonyl (C=O) groups excluding carboxylic acids is 3. The fourth-order valence-corrected chi connectivity index (χ4v) is 2.71. The zero-order valence-corrected chi connectivity index (χ0v) is 17.7. The maximum Gasteiger partial charge on any atom is 0.328 e. The van der Waals surface area contributed by atoms with Gasteiger partial charge in [0.1, 0.15) is 23.3 Å². The van der Waals surface area contributed by atoms with Gasteiger partial charge in [0.05, 0.1) is 14.2 Å². The highest BCUT2D eigenvalue weighted by molar-refractivity contribution is 6.27. The first-order chi connectivity index (χ1) is 13.1. The Morgan fingerprint density at radius 3 is 2.18 bits per heavy atom. The van der Waals surface area contributed by atoms with Gasteiger partial charge in [-0.25, -0.2) is 4.79 Å². The lowest BCUT2D eigenvalue weighted by molar-refractivity contribution is -0.158. The van der Waals surface area contributed by atoms with E-state index in [1.807, 2.05) is 0 Å². The number of rotatable bonds is 9. The van der Waals surface area contributed by atoms with Crippen molar-refractivity contribution in [3.05, 3.63) is 29.8 Å². The lowest BCUT2D eigenvalue weighted by Crippen LogP contribution is -2.46. The molecule has 0 aliphatic carbocycles. The average molecular weight is 414 g/mol. The number of methoxy groups -OCH3 is 2. The number of halogens is 1. The van der Waals surface area contributed by atoms with Crippen LogP contribution >= 0.6 is 11.6 Å². The summed E-state index contributed by atoms with van der Waals surface area (Å²) in [6, 6.07) is 6.13. The van der Waals surface area contributed by atoms with Crippen LogP contribution in [0.5, 0.6) is 5.75 Å². The standard InChI is InChI=1S/C20H28ClNO6/c1-20(2,3)28-18(24)11-10-16(19(25)27-5)22(17(23)12-21)13-14-6-8-15(26-4)9-7-14/h6-9,16H,10-13H2,1-5H3/t16-/m0/s1. The third kappa shape index (κ3) is 7.76. The van der Waals surface area contributed by atoms with Gasteiger partial charge >= 0.3 is 11.9 Å². The first-order valence-corrected chi connectivity index (χ1v) is 9.42. The van der Waals surface area contributed by atoms with Gasteiger partial charge in [0, 0.05) is 13.0 Å². The van der Waals surface area contributed by atoms with Gasteiger partial charge in [-0.2, -0.15) is 0 Å². The zero-order chi connectivity index (χ0) is 21.3. The first kappa shape index (κ1) is 23.8. The number of hydrogen-bond donors (Lipinski definition) is 0. The van der Waals surface area contributed by atoms with Crippen LogP contribution in [-0.4, -0.2) is 54.5 Å². The fraction of sp³-hybridized carbons (Fsp3) is 0.550. The SMILES string of the molecule is COC(=O)[C@H](CCC(=O)OC(C)(C)C)N(Cc1ccc(OC)cc1)C(=O)CCl. The molecule has 0 saturated carbocycles. The second-order valence-corrected chi connectivity index (χ2v) is 7.43. The Morgan fingerprint density at radius 1 is 1.11 bits per heavy atom. The van der Waals surface area contributed by atoms with Crippen molar-refractivity contribution in [1.82, 2.24) is 4.90 Å². The number of ether oxygens (including phenoxy) is 3. The van der Waals surface area contributed by atoms with E-state index in [9.17, 15) is 14.4 Å². The molecular formula is C20H28ClNO6. The quantitative estimate of drug-likeness (QED) is 0.457. The molecule has 0 N–H and O–H groups in total. The largest absolute Gasteiger partial charge is 0.497 e. The summed E-state index contributed by atoms with van der Waals surface area (Å²) in [4.78, 5) is 38.1. The first-order valence-electron chi connectivity index (χ1n) is 8.89. The maximum absolute atomic E-state index is 12.4. The lowest BCUT2D eigenvalue weighted by atomic mass is 10.1. The number of nitrogens with zero attached hydrogens (tertiary/aromatic N) is 1. The molecule has 0 bridgehead atoms. The van der Waals surface area contributed by atoms with Crippen LogP contribution in [0.4, 0.5) is 0 Å². The van der Waals surface area contributed by atoms with E-state index >= 15 is 0 Å². The Balaban J connectivity index is 2.99. The molecule has 0 radical (unpaired) electrons. The van der Waals surface area contributed by atoms with Crippen LogP contribution in [0.1, 0.15) is 39.2 Å². The van der Waals surface area contributed by atoms with Crippen molar-refractivity contribution < 1.29 is 28.6 Å². The van der Waals surface area contributed by atoms with Crippen molar-refractivity contribution in [3.63, 3.8) is 0 Å². The Morgan fingerprint density at radius 2 is 1.71 bits per heavy atom. The molecule has 0 heterocycles. The second-order valence-electron chi connectivity index (χ2n) is 7.17. The molecule has 0 unspecified atom stereocenters. The fourth-order valence-electron chi connectivity index (χ4n) is 2.56. The van der Waals surface area contributed by atoms with Gasteiger partial charge in [-0.1, -0.05) is 12.1 Å². The van der Waals surface area contributed by atoms with Gasteiger partial charge in [0.25, 0.3) is 0 Å². The highest BCUT2D eigenvalue weighted by Crippen LogP contribution is 2.19. The van der Waals surface area contributed by atoms with E-state index < -0.39 is 29.5 Å². The number of alkyl halides is 1. The van der Waals surface area contributed by atoms with Crippen molar-refractivity contribution in [2.45, 2.75) is 51.8 Å². The molecule has 0 fully saturated rings. The lowest BCUT2D eigenvalue weighted by Gasteiger charge is -2.30. The predicted octanol–water partition coefficient (Wildman–Crippen LogP) is 2.93. The smallest absolute Gasteiger partial charge is 0.328 e. The topological polar surface area (TPSA) is 82.1 Å². The summed E-state index contributed by atoms with van der Waals surface area (Å²) < 4.78 is 15.2. The molecule has 8 heteroatoms. The Bertz CT molecular complexity index is 668. The highest BCUT2D eigenvalue weighted by Gasteiger charge is 2.31. The average Bonchev–Trinajstić information content (AvgIpc) is 2.65. The van der Waals surface area contributed by atoms with Gasteiger partial charge in [-0.15, -0.1) is 11.6 Å². The van der Waals surface area contributed by atoms with Crippen LogP contribution in [0.3, 0.4) is 0 Å². The summed E-state index contributed by atoms with van der Waals surface area (Å²) >= 11 is 5.75. The van der Waals surface area contributed by atoms with Crippen LogP contribution in [0.25, 0.3) is 0 Å². The normalized spacial score (nSPS) is 12.1. The Hall–Kier alpha value is -2.28. The van der Waals surface area contributed by atoms with E-state index in [1.165, 1.54) is 12.0 Å². The molecule has 7 nitrogen and oxygen atoms in total. The molecule has 0 aromatic heterocycles. The second kappa shape index (κ2) is 10.9. The Kier molecular flexibility index (Phi) is 9.25. The van der Waals surface area contributed by atoms with Gasteiger partial charge in [-0.05, 0) is 44.9 Å². The maximum atomic E-state index is 12.4. The molecule has 0 saturated heterocycles. The van der Waals surface area contributed by atoms with E-state index in [0.29, 0.717) is 5.75 Å². The van der Waals surface area contributed by atoms with E-state index in [2.05, 4.69) is 0 Å². The summed E-state index contributed by atoms with van der Waals surface area (Å²) in [5.41, 5.74) is 0.150. The van der Waals surface area contributed by atoms with Crippen LogP contribution in [-0.2, 0) is 30.4 Å². The number of benzene rings is 1. The summed E-state index contributed by atoms with van der Waals surface area (Å²) in [7, 11) is 2.79. The molecule has 1 amide bonds. The molecule has 0 spiro atoms. The molecule has 1 aromatic carbocycles. The van der Waals surface area contributed by atoms with Gasteiger partial charge in [-0.3, -0.25) is 9.59 Å². The van der Waals surface area contributed by atoms with Crippen LogP contribution in [0, 0.1) is 0 Å². The number of esters is 2. The van der Waals surface area contributed by atoms with Crippen molar-refractivity contribution in [2.24, 2.45) is 0 Å². The highest BCUT2D eigenvalue weighted by atomic mass is 35.5. The summed E-state index contributed by atoms with van der Waals surface area (Å²) in [6.07, 6.45) is 0.0338. The van der Waals surface area contributed by atoms with E-state index in [-0.39, 0.29) is 25.3 Å². The van der Waals surface area contributed by atoms with Crippen molar-refractivity contribution in [3.8, 4) is 5.75 Å². The third-order valence-corrected chi connectivity index (χ3v) is 4.07. The van der Waals surface area contributed by atoms with Crippen LogP contribution < -0.4 is 4.74 Å². The van der Waals surface area contributed by atoms with Gasteiger partial charge in [0.15, 0.2) is 0 Å². The molecule has 28 heavy (non-hydrogen) atoms. The minimum atomic E-state index is -0.953. The summed E-state index contributed by atoms with van der Waals surface area (Å²) in [6.45, 7) is 5.42. The van der Waals surface area contributed by atoms with Crippen LogP contribution in [0.15, 0.2) is 24.3 Å². The van der Waals surface area contributed by atoms with E-state index in [1.54, 1.807) is 52.1 Å². The number of carbonyl (C=O) groups is 3. The monoisotopic (exact) mass is 413 g/mol. The van der Waals surface area contributed by atoms with Crippen molar-refractivity contribution in [2.75, 3.05) is 20.1 Å². The van der Waals surface area contributed by atoms with Gasteiger partial charge < -0.3 is 19.1 Å². The predicted molar refractivity (Wildman–Crippen MR) is 105 cm³/mol. The Labute approximate surface area is 170 Å². The van der Waals surface area contributed by atoms with Gasteiger partial charge in [0.2, 0.25) is 5.91 Å². The van der Waals surface area contributed by atoms with E-state index in [4.69, 9.17) is 25.8 Å². The molecule has 1 atom stereocenters. The van der Waals surface area contributed by atoms with E-state index in [0.717, 1.165) is 5.56 Å². The minimum absolute atomic E-state index is 0.0360. The molecule has 156 valence electrons. The summed E-state index contributed by atoms with van der Waals surface area (Å²) in [5, 5.41) is 0. The third-order valence-electron chi connectivity index (χ3n) is 3.84. The molecule has 0 aliphatic rings. The number of amides is 1. The molecular weight excluding hydrogens is 386 g/mol. The van der Waals surface area contributed by atoms with Crippen LogP contribution in [0.2, 0.25) is 0 Å². The molecule has 1 rings (SSSR count). The minimum Gasteiger partial charge on any atom is -0.497 e. The zero-order valence-electron chi connectivity index (χ0n) is 17.0. The van der Waals surface area contributed by atoms with Crippen molar-refractivity contribution >= 4 is 29.4 Å². The molecule has 0 aliphatic heterocycles. The number of hydrogen-bond acceptors (Lipinski definition) is 6.